The van der Waals surface area contributed by atoms with Crippen molar-refractivity contribution in [3.8, 4) is 0 Å². The minimum atomic E-state index is -0.226. The zero-order valence-corrected chi connectivity index (χ0v) is 13.2. The number of aromatic nitrogens is 1. The molecular formula is C15H19N3O2S. The Morgan fingerprint density at radius 2 is 2.19 bits per heavy atom. The third kappa shape index (κ3) is 3.80. The van der Waals surface area contributed by atoms with Gasteiger partial charge in [-0.3, -0.25) is 9.59 Å². The summed E-state index contributed by atoms with van der Waals surface area (Å²) in [6.07, 6.45) is 1.60. The first-order chi connectivity index (χ1) is 9.99. The summed E-state index contributed by atoms with van der Waals surface area (Å²) >= 11 is 1.66. The molecule has 0 bridgehead atoms. The molecule has 5 nitrogen and oxygen atoms in total. The standard InChI is InChI=1S/C15H19N3O2S/c1-17(2)12(13-5-4-8-21-13)10-16-15(20)11-6-7-18(3)14(19)9-11/h4-9,12H,10H2,1-3H3,(H,16,20)/t12-/m0/s1. The minimum Gasteiger partial charge on any atom is -0.350 e. The van der Waals surface area contributed by atoms with E-state index in [9.17, 15) is 9.59 Å². The van der Waals surface area contributed by atoms with Crippen LogP contribution >= 0.6 is 11.3 Å². The molecule has 0 saturated heterocycles. The highest BCUT2D eigenvalue weighted by Crippen LogP contribution is 2.22. The first kappa shape index (κ1) is 15.5. The molecule has 0 saturated carbocycles. The Hall–Kier alpha value is -1.92. The molecule has 0 aromatic carbocycles. The number of rotatable bonds is 5. The fourth-order valence-corrected chi connectivity index (χ4v) is 2.92. The van der Waals surface area contributed by atoms with Gasteiger partial charge in [0, 0.05) is 36.3 Å². The Labute approximate surface area is 127 Å². The smallest absolute Gasteiger partial charge is 0.251 e. The van der Waals surface area contributed by atoms with Gasteiger partial charge in [-0.25, -0.2) is 0 Å². The van der Waals surface area contributed by atoms with Crippen molar-refractivity contribution in [3.63, 3.8) is 0 Å². The van der Waals surface area contributed by atoms with Gasteiger partial charge in [-0.2, -0.15) is 0 Å². The van der Waals surface area contributed by atoms with E-state index < -0.39 is 0 Å². The summed E-state index contributed by atoms with van der Waals surface area (Å²) < 4.78 is 1.44. The summed E-state index contributed by atoms with van der Waals surface area (Å²) in [4.78, 5) is 26.9. The summed E-state index contributed by atoms with van der Waals surface area (Å²) in [6, 6.07) is 7.18. The lowest BCUT2D eigenvalue weighted by Gasteiger charge is -2.23. The Bertz CT molecular complexity index is 662. The number of pyridine rings is 1. The number of amides is 1. The van der Waals surface area contributed by atoms with Crippen LogP contribution in [0.5, 0.6) is 0 Å². The van der Waals surface area contributed by atoms with Gasteiger partial charge >= 0.3 is 0 Å². The van der Waals surface area contributed by atoms with E-state index in [1.54, 1.807) is 30.6 Å². The Morgan fingerprint density at radius 3 is 2.76 bits per heavy atom. The molecular weight excluding hydrogens is 286 g/mol. The summed E-state index contributed by atoms with van der Waals surface area (Å²) in [7, 11) is 5.62. The molecule has 0 unspecified atom stereocenters. The van der Waals surface area contributed by atoms with Gasteiger partial charge in [0.25, 0.3) is 11.5 Å². The van der Waals surface area contributed by atoms with Gasteiger partial charge in [-0.05, 0) is 31.6 Å². The van der Waals surface area contributed by atoms with Crippen LogP contribution in [-0.4, -0.2) is 36.0 Å². The van der Waals surface area contributed by atoms with E-state index in [1.807, 2.05) is 25.5 Å². The Kier molecular flexibility index (Phi) is 4.93. The molecule has 0 spiro atoms. The third-order valence-electron chi connectivity index (χ3n) is 3.32. The van der Waals surface area contributed by atoms with Crippen molar-refractivity contribution >= 4 is 17.2 Å². The average Bonchev–Trinajstić information content (AvgIpc) is 2.95. The van der Waals surface area contributed by atoms with Gasteiger partial charge in [0.1, 0.15) is 0 Å². The van der Waals surface area contributed by atoms with Crippen LogP contribution in [0.4, 0.5) is 0 Å². The molecule has 0 fully saturated rings. The van der Waals surface area contributed by atoms with E-state index in [4.69, 9.17) is 0 Å². The number of likely N-dealkylation sites (N-methyl/N-ethyl adjacent to an activating group) is 1. The number of hydrogen-bond acceptors (Lipinski definition) is 4. The van der Waals surface area contributed by atoms with Gasteiger partial charge in [-0.15, -0.1) is 11.3 Å². The Morgan fingerprint density at radius 1 is 1.43 bits per heavy atom. The number of carbonyl (C=O) groups excluding carboxylic acids is 1. The van der Waals surface area contributed by atoms with Gasteiger partial charge in [0.15, 0.2) is 0 Å². The number of nitrogens with one attached hydrogen (secondary N) is 1. The largest absolute Gasteiger partial charge is 0.350 e. The minimum absolute atomic E-state index is 0.125. The highest BCUT2D eigenvalue weighted by atomic mass is 32.1. The molecule has 1 atom stereocenters. The van der Waals surface area contributed by atoms with E-state index in [-0.39, 0.29) is 17.5 Å². The first-order valence-corrected chi connectivity index (χ1v) is 7.51. The quantitative estimate of drug-likeness (QED) is 0.910. The van der Waals surface area contributed by atoms with E-state index in [0.717, 1.165) is 0 Å². The molecule has 21 heavy (non-hydrogen) atoms. The molecule has 6 heteroatoms. The topological polar surface area (TPSA) is 54.3 Å². The maximum atomic E-state index is 12.1. The van der Waals surface area contributed by atoms with Gasteiger partial charge in [0.05, 0.1) is 6.04 Å². The molecule has 1 N–H and O–H groups in total. The molecule has 0 aliphatic heterocycles. The van der Waals surface area contributed by atoms with Crippen molar-refractivity contribution in [2.24, 2.45) is 7.05 Å². The van der Waals surface area contributed by atoms with Crippen molar-refractivity contribution < 1.29 is 4.79 Å². The number of nitrogens with zero attached hydrogens (tertiary/aromatic N) is 2. The zero-order chi connectivity index (χ0) is 15.4. The SMILES string of the molecule is CN(C)[C@@H](CNC(=O)c1ccn(C)c(=O)c1)c1cccs1. The normalized spacial score (nSPS) is 12.4. The number of carbonyl (C=O) groups is 1. The lowest BCUT2D eigenvalue weighted by Crippen LogP contribution is -2.34. The lowest BCUT2D eigenvalue weighted by molar-refractivity contribution is 0.0942. The van der Waals surface area contributed by atoms with E-state index in [0.29, 0.717) is 12.1 Å². The zero-order valence-electron chi connectivity index (χ0n) is 12.4. The second-order valence-electron chi connectivity index (χ2n) is 5.07. The fraction of sp³-hybridized carbons (Fsp3) is 0.333. The first-order valence-electron chi connectivity index (χ1n) is 6.63. The summed E-state index contributed by atoms with van der Waals surface area (Å²) in [6.45, 7) is 0.502. The van der Waals surface area contributed by atoms with E-state index >= 15 is 0 Å². The summed E-state index contributed by atoms with van der Waals surface area (Å²) in [5.74, 6) is -0.226. The molecule has 0 aliphatic rings. The van der Waals surface area contributed by atoms with Gasteiger partial charge in [0.2, 0.25) is 0 Å². The van der Waals surface area contributed by atoms with Crippen LogP contribution in [0.3, 0.4) is 0 Å². The van der Waals surface area contributed by atoms with Crippen LogP contribution in [0.25, 0.3) is 0 Å². The molecule has 2 heterocycles. The van der Waals surface area contributed by atoms with Crippen LogP contribution in [-0.2, 0) is 7.05 Å². The highest BCUT2D eigenvalue weighted by Gasteiger charge is 2.16. The molecule has 1 amide bonds. The number of hydrogen-bond donors (Lipinski definition) is 1. The highest BCUT2D eigenvalue weighted by molar-refractivity contribution is 7.10. The molecule has 2 aromatic rings. The van der Waals surface area contributed by atoms with Crippen LogP contribution in [0.2, 0.25) is 0 Å². The second kappa shape index (κ2) is 6.69. The summed E-state index contributed by atoms with van der Waals surface area (Å²) in [5.41, 5.74) is 0.201. The predicted molar refractivity (Wildman–Crippen MR) is 84.8 cm³/mol. The van der Waals surface area contributed by atoms with Gasteiger partial charge in [-0.1, -0.05) is 6.07 Å². The lowest BCUT2D eigenvalue weighted by atomic mass is 10.2. The van der Waals surface area contributed by atoms with Gasteiger partial charge < -0.3 is 14.8 Å². The van der Waals surface area contributed by atoms with E-state index in [2.05, 4.69) is 16.3 Å². The van der Waals surface area contributed by atoms with Crippen molar-refractivity contribution in [1.82, 2.24) is 14.8 Å². The van der Waals surface area contributed by atoms with Crippen molar-refractivity contribution in [2.75, 3.05) is 20.6 Å². The molecule has 0 aliphatic carbocycles. The van der Waals surface area contributed by atoms with Crippen molar-refractivity contribution in [1.29, 1.82) is 0 Å². The van der Waals surface area contributed by atoms with E-state index in [1.165, 1.54) is 15.5 Å². The average molecular weight is 305 g/mol. The van der Waals surface area contributed by atoms with Crippen LogP contribution in [0.1, 0.15) is 21.3 Å². The summed E-state index contributed by atoms with van der Waals surface area (Å²) in [5, 5.41) is 4.92. The van der Waals surface area contributed by atoms with Crippen LogP contribution < -0.4 is 10.9 Å². The molecule has 0 radical (unpaired) electrons. The Balaban J connectivity index is 2.05. The maximum absolute atomic E-state index is 12.1. The van der Waals surface area contributed by atoms with Crippen LogP contribution in [0.15, 0.2) is 40.6 Å². The fourth-order valence-electron chi connectivity index (χ4n) is 2.00. The van der Waals surface area contributed by atoms with Crippen LogP contribution in [0, 0.1) is 0 Å². The van der Waals surface area contributed by atoms with Crippen molar-refractivity contribution in [3.05, 3.63) is 56.6 Å². The number of aryl methyl sites for hydroxylation is 1. The predicted octanol–water partition coefficient (Wildman–Crippen LogP) is 1.48. The number of thiophene rings is 1. The third-order valence-corrected chi connectivity index (χ3v) is 4.29. The monoisotopic (exact) mass is 305 g/mol. The maximum Gasteiger partial charge on any atom is 0.251 e. The molecule has 2 aromatic heterocycles. The molecule has 112 valence electrons. The molecule has 2 rings (SSSR count). The van der Waals surface area contributed by atoms with Crippen molar-refractivity contribution in [2.45, 2.75) is 6.04 Å². The second-order valence-corrected chi connectivity index (χ2v) is 6.05.